The van der Waals surface area contributed by atoms with Gasteiger partial charge in [0.15, 0.2) is 17.5 Å². The predicted octanol–water partition coefficient (Wildman–Crippen LogP) is 5.65. The highest BCUT2D eigenvalue weighted by molar-refractivity contribution is 5.91. The zero-order valence-electron chi connectivity index (χ0n) is 19.0. The summed E-state index contributed by atoms with van der Waals surface area (Å²) in [5.74, 6) is 5.59. The Kier molecular flexibility index (Phi) is 3.94. The van der Waals surface area contributed by atoms with Gasteiger partial charge in [0.05, 0.1) is 0 Å². The van der Waals surface area contributed by atoms with Crippen molar-refractivity contribution in [3.63, 3.8) is 0 Å². The van der Waals surface area contributed by atoms with Gasteiger partial charge in [0.2, 0.25) is 0 Å². The van der Waals surface area contributed by atoms with Crippen molar-refractivity contribution < 1.29 is 9.37 Å². The van der Waals surface area contributed by atoms with Crippen LogP contribution in [0.3, 0.4) is 0 Å². The average Bonchev–Trinajstić information content (AvgIpc) is 3.15. The van der Waals surface area contributed by atoms with Crippen LogP contribution in [0.2, 0.25) is 0 Å². The third-order valence-electron chi connectivity index (χ3n) is 11.3. The zero-order chi connectivity index (χ0) is 20.1. The van der Waals surface area contributed by atoms with E-state index in [0.29, 0.717) is 16.6 Å². The van der Waals surface area contributed by atoms with E-state index in [1.807, 2.05) is 5.71 Å². The Morgan fingerprint density at radius 3 is 2.66 bits per heavy atom. The molecule has 6 aliphatic rings. The van der Waals surface area contributed by atoms with Crippen LogP contribution in [0.4, 0.5) is 0 Å². The summed E-state index contributed by atoms with van der Waals surface area (Å²) in [6.45, 7) is 11.6. The lowest BCUT2D eigenvalue weighted by Gasteiger charge is -2.58. The summed E-state index contributed by atoms with van der Waals surface area (Å²) in [6.07, 6.45) is 13.6. The van der Waals surface area contributed by atoms with Crippen LogP contribution in [-0.4, -0.2) is 28.7 Å². The van der Waals surface area contributed by atoms with Gasteiger partial charge in [-0.15, -0.1) is 0 Å². The van der Waals surface area contributed by atoms with Crippen LogP contribution >= 0.6 is 0 Å². The maximum Gasteiger partial charge on any atom is 0.157 e. The largest absolute Gasteiger partial charge is 0.295 e. The number of hydrogen-bond donors (Lipinski definition) is 0. The maximum atomic E-state index is 12.1. The highest BCUT2D eigenvalue weighted by Gasteiger charge is 2.68. The summed E-state index contributed by atoms with van der Waals surface area (Å²) in [7, 11) is 0. The Hall–Kier alpha value is -0.920. The SMILES string of the molecule is C[C@H]1CCC2=[N+](C1)[C@H]1C[C@H]3[C@@H]4CCC5=CC(=O)CC[C@]5(C)[C@H]4CC[C@]3(C)[C@H]1[C@@H]2C. The van der Waals surface area contributed by atoms with E-state index in [2.05, 4.69) is 38.3 Å². The molecule has 0 unspecified atom stereocenters. The van der Waals surface area contributed by atoms with Gasteiger partial charge in [0.1, 0.15) is 6.54 Å². The molecule has 9 atom stereocenters. The van der Waals surface area contributed by atoms with E-state index in [9.17, 15) is 4.79 Å². The second kappa shape index (κ2) is 6.07. The van der Waals surface area contributed by atoms with Crippen molar-refractivity contribution in [1.82, 2.24) is 0 Å². The van der Waals surface area contributed by atoms with Crippen molar-refractivity contribution in [3.8, 4) is 0 Å². The molecule has 0 aromatic rings. The predicted molar refractivity (Wildman–Crippen MR) is 117 cm³/mol. The van der Waals surface area contributed by atoms with E-state index < -0.39 is 0 Å². The Balaban J connectivity index is 1.35. The molecule has 0 aromatic heterocycles. The molecule has 3 fully saturated rings. The van der Waals surface area contributed by atoms with E-state index >= 15 is 0 Å². The fourth-order valence-electron chi connectivity index (χ4n) is 9.96. The molecule has 6 rings (SSSR count). The molecule has 4 aliphatic carbocycles. The number of fused-ring (bicyclic) bond motifs is 8. The number of ketones is 1. The van der Waals surface area contributed by atoms with Crippen LogP contribution in [0.1, 0.15) is 85.5 Å². The van der Waals surface area contributed by atoms with Crippen molar-refractivity contribution in [3.05, 3.63) is 11.6 Å². The Labute approximate surface area is 177 Å². The fourth-order valence-corrected chi connectivity index (χ4v) is 9.96. The van der Waals surface area contributed by atoms with Gasteiger partial charge >= 0.3 is 0 Å². The fraction of sp³-hybridized carbons (Fsp3) is 0.852. The molecule has 2 nitrogen and oxygen atoms in total. The van der Waals surface area contributed by atoms with Crippen LogP contribution in [0.5, 0.6) is 0 Å². The summed E-state index contributed by atoms with van der Waals surface area (Å²) in [4.78, 5) is 12.1. The minimum atomic E-state index is 0.318. The molecular weight excluding hydrogens is 354 g/mol. The number of rotatable bonds is 0. The number of carbonyl (C=O) groups excluding carboxylic acids is 1. The third kappa shape index (κ3) is 2.35. The second-order valence-electron chi connectivity index (χ2n) is 12.4. The van der Waals surface area contributed by atoms with Gasteiger partial charge in [0.25, 0.3) is 0 Å². The van der Waals surface area contributed by atoms with Gasteiger partial charge in [-0.05, 0) is 73.2 Å². The summed E-state index contributed by atoms with van der Waals surface area (Å²) < 4.78 is 2.93. The van der Waals surface area contributed by atoms with Gasteiger partial charge in [-0.1, -0.05) is 33.3 Å². The molecule has 0 saturated heterocycles. The molecular formula is C27H40NO+. The second-order valence-corrected chi connectivity index (χ2v) is 12.4. The third-order valence-corrected chi connectivity index (χ3v) is 11.3. The summed E-state index contributed by atoms with van der Waals surface area (Å²) in [5.41, 5.74) is 4.20. The molecule has 158 valence electrons. The number of carbonyl (C=O) groups is 1. The lowest BCUT2D eigenvalue weighted by atomic mass is 9.46. The first-order valence-corrected chi connectivity index (χ1v) is 12.7. The van der Waals surface area contributed by atoms with Crippen molar-refractivity contribution in [2.45, 2.75) is 91.5 Å². The molecule has 2 heterocycles. The molecule has 0 bridgehead atoms. The smallest absolute Gasteiger partial charge is 0.157 e. The molecule has 0 radical (unpaired) electrons. The average molecular weight is 395 g/mol. The van der Waals surface area contributed by atoms with Crippen LogP contribution in [0.25, 0.3) is 0 Å². The normalized spacial score (nSPS) is 53.6. The Morgan fingerprint density at radius 2 is 1.83 bits per heavy atom. The van der Waals surface area contributed by atoms with E-state index in [1.165, 1.54) is 57.1 Å². The van der Waals surface area contributed by atoms with Gasteiger partial charge in [-0.2, -0.15) is 0 Å². The summed E-state index contributed by atoms with van der Waals surface area (Å²) >= 11 is 0. The van der Waals surface area contributed by atoms with Crippen molar-refractivity contribution in [2.75, 3.05) is 6.54 Å². The maximum absolute atomic E-state index is 12.1. The lowest BCUT2D eigenvalue weighted by molar-refractivity contribution is -0.573. The number of hydrogen-bond acceptors (Lipinski definition) is 1. The van der Waals surface area contributed by atoms with Crippen molar-refractivity contribution in [2.24, 2.45) is 46.3 Å². The van der Waals surface area contributed by atoms with Gasteiger partial charge in [-0.3, -0.25) is 4.79 Å². The lowest BCUT2D eigenvalue weighted by Crippen LogP contribution is -2.51. The van der Waals surface area contributed by atoms with Crippen molar-refractivity contribution >= 4 is 11.5 Å². The van der Waals surface area contributed by atoms with Crippen LogP contribution in [0.15, 0.2) is 11.6 Å². The first kappa shape index (κ1) is 18.8. The van der Waals surface area contributed by atoms with Crippen LogP contribution in [0, 0.1) is 46.3 Å². The van der Waals surface area contributed by atoms with Gasteiger partial charge in [0, 0.05) is 37.0 Å². The van der Waals surface area contributed by atoms with E-state index in [4.69, 9.17) is 0 Å². The molecule has 0 spiro atoms. The van der Waals surface area contributed by atoms with E-state index in [-0.39, 0.29) is 0 Å². The molecule has 2 heteroatoms. The highest BCUT2D eigenvalue weighted by Crippen LogP contribution is 2.68. The first-order chi connectivity index (χ1) is 13.8. The topological polar surface area (TPSA) is 20.1 Å². The minimum absolute atomic E-state index is 0.318. The van der Waals surface area contributed by atoms with Crippen LogP contribution < -0.4 is 0 Å². The highest BCUT2D eigenvalue weighted by atomic mass is 16.1. The molecule has 29 heavy (non-hydrogen) atoms. The standard InChI is InChI=1S/C27H40NO/c1-16-5-8-23-17(2)25-24(28(23)15-16)14-22-20-7-6-18-13-19(29)9-11-26(18,3)21(20)10-12-27(22,25)4/h13,16-17,20-22,24-25H,5-12,14-15H2,1-4H3/q+1/t16-,17+,20+,21-,22-,24-,25-,26-,27-/m0/s1. The molecule has 2 aliphatic heterocycles. The molecule has 3 saturated carbocycles. The van der Waals surface area contributed by atoms with Crippen molar-refractivity contribution in [1.29, 1.82) is 0 Å². The van der Waals surface area contributed by atoms with Gasteiger partial charge < -0.3 is 0 Å². The Bertz CT molecular complexity index is 822. The zero-order valence-corrected chi connectivity index (χ0v) is 19.0. The molecule has 0 amide bonds. The summed E-state index contributed by atoms with van der Waals surface area (Å²) in [5, 5.41) is 0. The molecule has 0 aromatic carbocycles. The number of nitrogens with zero attached hydrogens (tertiary/aromatic N) is 1. The van der Waals surface area contributed by atoms with Crippen LogP contribution in [-0.2, 0) is 4.79 Å². The first-order valence-electron chi connectivity index (χ1n) is 12.7. The monoisotopic (exact) mass is 394 g/mol. The van der Waals surface area contributed by atoms with E-state index in [1.54, 1.807) is 0 Å². The Morgan fingerprint density at radius 1 is 1.00 bits per heavy atom. The quantitative estimate of drug-likeness (QED) is 0.486. The number of allylic oxidation sites excluding steroid dienone is 1. The summed E-state index contributed by atoms with van der Waals surface area (Å²) in [6, 6.07) is 0.828. The van der Waals surface area contributed by atoms with Gasteiger partial charge in [-0.25, -0.2) is 4.58 Å². The minimum Gasteiger partial charge on any atom is -0.295 e. The molecule has 0 N–H and O–H groups in total. The van der Waals surface area contributed by atoms with E-state index in [0.717, 1.165) is 54.4 Å².